The van der Waals surface area contributed by atoms with E-state index in [1.165, 1.54) is 18.1 Å². The Labute approximate surface area is 101 Å². The summed E-state index contributed by atoms with van der Waals surface area (Å²) in [6.07, 6.45) is 1.37. The number of aryl methyl sites for hydroxylation is 1. The van der Waals surface area contributed by atoms with E-state index in [1.807, 2.05) is 18.5 Å². The second kappa shape index (κ2) is 4.26. The van der Waals surface area contributed by atoms with Crippen LogP contribution < -0.4 is 5.73 Å². The molecule has 0 aliphatic carbocycles. The Balaban J connectivity index is 2.34. The van der Waals surface area contributed by atoms with Gasteiger partial charge in [0.2, 0.25) is 0 Å². The molecular weight excluding hydrogens is 248 g/mol. The van der Waals surface area contributed by atoms with Crippen molar-refractivity contribution in [3.63, 3.8) is 0 Å². The Morgan fingerprint density at radius 3 is 2.75 bits per heavy atom. The van der Waals surface area contributed by atoms with Crippen LogP contribution in [-0.4, -0.2) is 24.7 Å². The van der Waals surface area contributed by atoms with Crippen molar-refractivity contribution in [2.24, 2.45) is 7.05 Å². The van der Waals surface area contributed by atoms with Gasteiger partial charge in [0.05, 0.1) is 0 Å². The fourth-order valence-electron chi connectivity index (χ4n) is 1.00. The molecule has 0 fully saturated rings. The highest BCUT2D eigenvalue weighted by Gasteiger charge is 2.12. The lowest BCUT2D eigenvalue weighted by Gasteiger charge is -2.04. The molecule has 2 aromatic rings. The fourth-order valence-corrected chi connectivity index (χ4v) is 2.02. The maximum absolute atomic E-state index is 5.79. The summed E-state index contributed by atoms with van der Waals surface area (Å²) in [5.41, 5.74) is 6.11. The largest absolute Gasteiger partial charge is 0.394 e. The second-order valence-electron chi connectivity index (χ2n) is 3.07. The monoisotopic (exact) mass is 256 g/mol. The number of nitrogen functional groups attached to an aromatic ring is 1. The zero-order chi connectivity index (χ0) is 11.7. The van der Waals surface area contributed by atoms with Gasteiger partial charge in [0, 0.05) is 7.05 Å². The number of aromatic nitrogens is 5. The van der Waals surface area contributed by atoms with Crippen molar-refractivity contribution in [2.45, 2.75) is 17.1 Å². The minimum atomic E-state index is 0.247. The van der Waals surface area contributed by atoms with Crippen LogP contribution >= 0.6 is 23.4 Å². The summed E-state index contributed by atoms with van der Waals surface area (Å²) in [5, 5.41) is 9.47. The van der Waals surface area contributed by atoms with E-state index in [4.69, 9.17) is 17.3 Å². The van der Waals surface area contributed by atoms with Gasteiger partial charge in [-0.1, -0.05) is 11.6 Å². The Morgan fingerprint density at radius 1 is 1.38 bits per heavy atom. The standard InChI is InChI=1S/C8H9ClN6S/c1-4-13-14-8(15(4)2)16-7-5(10)6(9)11-3-12-7/h3H,10H2,1-2H3. The van der Waals surface area contributed by atoms with Crippen molar-refractivity contribution in [1.82, 2.24) is 24.7 Å². The summed E-state index contributed by atoms with van der Waals surface area (Å²) in [6, 6.07) is 0. The van der Waals surface area contributed by atoms with Crippen LogP contribution in [0.15, 0.2) is 16.5 Å². The van der Waals surface area contributed by atoms with Crippen molar-refractivity contribution in [1.29, 1.82) is 0 Å². The van der Waals surface area contributed by atoms with Crippen LogP contribution in [0.1, 0.15) is 5.82 Å². The van der Waals surface area contributed by atoms with E-state index in [0.29, 0.717) is 15.9 Å². The van der Waals surface area contributed by atoms with Crippen molar-refractivity contribution in [3.8, 4) is 0 Å². The topological polar surface area (TPSA) is 82.5 Å². The Kier molecular flexibility index (Phi) is 2.97. The number of hydrogen-bond acceptors (Lipinski definition) is 6. The molecule has 0 aromatic carbocycles. The third-order valence-corrected chi connectivity index (χ3v) is 3.40. The lowest BCUT2D eigenvalue weighted by atomic mass is 10.6. The predicted molar refractivity (Wildman–Crippen MR) is 61.3 cm³/mol. The smallest absolute Gasteiger partial charge is 0.197 e. The van der Waals surface area contributed by atoms with Gasteiger partial charge in [-0.25, -0.2) is 9.97 Å². The Morgan fingerprint density at radius 2 is 2.12 bits per heavy atom. The summed E-state index contributed by atoms with van der Waals surface area (Å²) in [6.45, 7) is 1.87. The minimum absolute atomic E-state index is 0.247. The number of rotatable bonds is 2. The van der Waals surface area contributed by atoms with E-state index in [0.717, 1.165) is 5.82 Å². The van der Waals surface area contributed by atoms with Crippen molar-refractivity contribution < 1.29 is 0 Å². The quantitative estimate of drug-likeness (QED) is 0.816. The second-order valence-corrected chi connectivity index (χ2v) is 4.39. The molecule has 2 rings (SSSR count). The number of halogens is 1. The Bertz CT molecular complexity index is 525. The highest BCUT2D eigenvalue weighted by atomic mass is 35.5. The average Bonchev–Trinajstić information content (AvgIpc) is 2.57. The molecule has 0 amide bonds. The summed E-state index contributed by atoms with van der Waals surface area (Å²) in [7, 11) is 1.87. The van der Waals surface area contributed by atoms with Crippen LogP contribution in [0, 0.1) is 6.92 Å². The van der Waals surface area contributed by atoms with E-state index >= 15 is 0 Å². The third kappa shape index (κ3) is 1.96. The van der Waals surface area contributed by atoms with Crippen molar-refractivity contribution in [3.05, 3.63) is 17.3 Å². The summed E-state index contributed by atoms with van der Waals surface area (Å²) < 4.78 is 1.85. The average molecular weight is 257 g/mol. The molecule has 0 saturated carbocycles. The van der Waals surface area contributed by atoms with Crippen LogP contribution in [0.5, 0.6) is 0 Å². The van der Waals surface area contributed by atoms with Crippen molar-refractivity contribution in [2.75, 3.05) is 5.73 Å². The van der Waals surface area contributed by atoms with E-state index in [1.54, 1.807) is 0 Å². The third-order valence-electron chi connectivity index (χ3n) is 2.04. The van der Waals surface area contributed by atoms with Crippen LogP contribution in [0.4, 0.5) is 5.69 Å². The number of hydrogen-bond donors (Lipinski definition) is 1. The van der Waals surface area contributed by atoms with Gasteiger partial charge in [0.1, 0.15) is 22.9 Å². The molecule has 0 saturated heterocycles. The normalized spacial score (nSPS) is 10.7. The van der Waals surface area contributed by atoms with Gasteiger partial charge in [0.25, 0.3) is 0 Å². The first-order valence-corrected chi connectivity index (χ1v) is 5.59. The van der Waals surface area contributed by atoms with Crippen LogP contribution in [0.25, 0.3) is 0 Å². The summed E-state index contributed by atoms with van der Waals surface area (Å²) in [4.78, 5) is 7.83. The number of anilines is 1. The van der Waals surface area contributed by atoms with Gasteiger partial charge in [0.15, 0.2) is 10.3 Å². The SMILES string of the molecule is Cc1nnc(Sc2ncnc(Cl)c2N)n1C. The van der Waals surface area contributed by atoms with Gasteiger partial charge in [-0.15, -0.1) is 10.2 Å². The molecular formula is C8H9ClN6S. The number of nitrogens with two attached hydrogens (primary N) is 1. The molecule has 0 aliphatic heterocycles. The molecule has 16 heavy (non-hydrogen) atoms. The van der Waals surface area contributed by atoms with Crippen LogP contribution in [0.3, 0.4) is 0 Å². The molecule has 0 unspecified atom stereocenters. The molecule has 8 heteroatoms. The predicted octanol–water partition coefficient (Wildman–Crippen LogP) is 1.30. The van der Waals surface area contributed by atoms with E-state index in [9.17, 15) is 0 Å². The molecule has 0 radical (unpaired) electrons. The summed E-state index contributed by atoms with van der Waals surface area (Å²) in [5.74, 6) is 0.821. The first-order valence-electron chi connectivity index (χ1n) is 4.39. The molecule has 0 bridgehead atoms. The Hall–Kier alpha value is -1.34. The first-order chi connectivity index (χ1) is 7.59. The molecule has 2 aromatic heterocycles. The van der Waals surface area contributed by atoms with Crippen LogP contribution in [0.2, 0.25) is 5.15 Å². The molecule has 2 N–H and O–H groups in total. The van der Waals surface area contributed by atoms with Gasteiger partial charge < -0.3 is 10.3 Å². The molecule has 6 nitrogen and oxygen atoms in total. The number of nitrogens with zero attached hydrogens (tertiary/aromatic N) is 5. The first kappa shape index (κ1) is 11.2. The van der Waals surface area contributed by atoms with Gasteiger partial charge in [-0.2, -0.15) is 0 Å². The lowest BCUT2D eigenvalue weighted by molar-refractivity contribution is 0.764. The highest BCUT2D eigenvalue weighted by Crippen LogP contribution is 2.31. The van der Waals surface area contributed by atoms with Gasteiger partial charge in [-0.3, -0.25) is 0 Å². The molecule has 84 valence electrons. The molecule has 0 spiro atoms. The maximum atomic E-state index is 5.79. The van der Waals surface area contributed by atoms with Gasteiger partial charge in [-0.05, 0) is 18.7 Å². The zero-order valence-corrected chi connectivity index (χ0v) is 10.2. The molecule has 0 aliphatic rings. The van der Waals surface area contributed by atoms with E-state index in [-0.39, 0.29) is 5.15 Å². The highest BCUT2D eigenvalue weighted by molar-refractivity contribution is 7.99. The minimum Gasteiger partial charge on any atom is -0.394 e. The summed E-state index contributed by atoms with van der Waals surface area (Å²) >= 11 is 7.10. The van der Waals surface area contributed by atoms with Crippen LogP contribution in [-0.2, 0) is 7.05 Å². The fraction of sp³-hybridized carbons (Fsp3) is 0.250. The lowest BCUT2D eigenvalue weighted by Crippen LogP contribution is -1.98. The van der Waals surface area contributed by atoms with E-state index in [2.05, 4.69) is 20.2 Å². The van der Waals surface area contributed by atoms with Crippen molar-refractivity contribution >= 4 is 29.1 Å². The van der Waals surface area contributed by atoms with Gasteiger partial charge >= 0.3 is 0 Å². The molecule has 2 heterocycles. The zero-order valence-electron chi connectivity index (χ0n) is 8.68. The molecule has 0 atom stereocenters. The maximum Gasteiger partial charge on any atom is 0.197 e. The van der Waals surface area contributed by atoms with E-state index < -0.39 is 0 Å².